The van der Waals surface area contributed by atoms with E-state index >= 15 is 0 Å². The summed E-state index contributed by atoms with van der Waals surface area (Å²) in [5.74, 6) is -0.455. The van der Waals surface area contributed by atoms with Crippen molar-refractivity contribution in [2.45, 2.75) is 13.3 Å². The van der Waals surface area contributed by atoms with Crippen LogP contribution in [0.15, 0.2) is 12.2 Å². The second-order valence-corrected chi connectivity index (χ2v) is 2.61. The maximum absolute atomic E-state index is 10.5. The van der Waals surface area contributed by atoms with E-state index in [0.29, 0.717) is 5.57 Å². The Balaban J connectivity index is 0.000000293. The van der Waals surface area contributed by atoms with Crippen LogP contribution in [0.25, 0.3) is 0 Å². The molecule has 0 bridgehead atoms. The largest absolute Gasteiger partial charge is 0.460 e. The Labute approximate surface area is 78.2 Å². The van der Waals surface area contributed by atoms with Gasteiger partial charge in [0.2, 0.25) is 0 Å². The monoisotopic (exact) mass is 188 g/mol. The predicted molar refractivity (Wildman–Crippen MR) is 48.3 cm³/mol. The molecule has 0 aliphatic carbocycles. The number of ether oxygens (including phenoxy) is 2. The molecule has 4 nitrogen and oxygen atoms in total. The first kappa shape index (κ1) is 12.1. The first-order valence-electron chi connectivity index (χ1n) is 4.19. The molecular formula is C9H16O4. The van der Waals surface area contributed by atoms with Gasteiger partial charge >= 0.3 is 5.97 Å². The summed E-state index contributed by atoms with van der Waals surface area (Å²) < 4.78 is 9.19. The zero-order valence-corrected chi connectivity index (χ0v) is 7.91. The van der Waals surface area contributed by atoms with Gasteiger partial charge < -0.3 is 14.6 Å². The summed E-state index contributed by atoms with van der Waals surface area (Å²) in [6, 6.07) is 0. The minimum atomic E-state index is -0.455. The van der Waals surface area contributed by atoms with Crippen molar-refractivity contribution in [3.8, 4) is 0 Å². The Bertz CT molecular complexity index is 157. The van der Waals surface area contributed by atoms with Gasteiger partial charge in [0, 0.05) is 18.8 Å². The van der Waals surface area contributed by atoms with E-state index in [0.717, 1.165) is 13.2 Å². The summed E-state index contributed by atoms with van der Waals surface area (Å²) in [7, 11) is 0. The Morgan fingerprint density at radius 2 is 2.08 bits per heavy atom. The molecule has 13 heavy (non-hydrogen) atoms. The van der Waals surface area contributed by atoms with Gasteiger partial charge in [0.05, 0.1) is 6.61 Å². The smallest absolute Gasteiger partial charge is 0.333 e. The fourth-order valence-electron chi connectivity index (χ4n) is 0.406. The van der Waals surface area contributed by atoms with Gasteiger partial charge in [0.15, 0.2) is 0 Å². The highest BCUT2D eigenvalue weighted by molar-refractivity contribution is 5.86. The molecule has 4 heteroatoms. The van der Waals surface area contributed by atoms with Crippen molar-refractivity contribution < 1.29 is 19.4 Å². The van der Waals surface area contributed by atoms with E-state index in [1.165, 1.54) is 6.42 Å². The molecule has 0 amide bonds. The summed E-state index contributed by atoms with van der Waals surface area (Å²) in [5.41, 5.74) is 0.350. The van der Waals surface area contributed by atoms with Crippen LogP contribution >= 0.6 is 0 Å². The quantitative estimate of drug-likeness (QED) is 0.517. The zero-order valence-electron chi connectivity index (χ0n) is 7.91. The Morgan fingerprint density at radius 1 is 1.62 bits per heavy atom. The maximum Gasteiger partial charge on any atom is 0.333 e. The number of rotatable bonds is 3. The standard InChI is InChI=1S/C6H10O3.C3H6O/c1-5(2)6(8)9-4-3-7;1-2-4-3-1/h7H,1,3-4H2,2H3;1-3H2. The highest BCUT2D eigenvalue weighted by atomic mass is 16.5. The van der Waals surface area contributed by atoms with Gasteiger partial charge in [-0.05, 0) is 13.3 Å². The fraction of sp³-hybridized carbons (Fsp3) is 0.667. The van der Waals surface area contributed by atoms with Crippen LogP contribution in [0.1, 0.15) is 13.3 Å². The minimum absolute atomic E-state index is 0.0473. The van der Waals surface area contributed by atoms with Gasteiger partial charge in [-0.3, -0.25) is 0 Å². The summed E-state index contributed by atoms with van der Waals surface area (Å²) >= 11 is 0. The summed E-state index contributed by atoms with van der Waals surface area (Å²) in [6.07, 6.45) is 1.28. The lowest BCUT2D eigenvalue weighted by Gasteiger charge is -2.09. The van der Waals surface area contributed by atoms with Gasteiger partial charge in [0.25, 0.3) is 0 Å². The van der Waals surface area contributed by atoms with Crippen LogP contribution in [0.2, 0.25) is 0 Å². The lowest BCUT2D eigenvalue weighted by atomic mass is 10.4. The number of esters is 1. The fourth-order valence-corrected chi connectivity index (χ4v) is 0.406. The van der Waals surface area contributed by atoms with Gasteiger partial charge in [0.1, 0.15) is 6.61 Å². The zero-order chi connectivity index (χ0) is 10.1. The van der Waals surface area contributed by atoms with Crippen LogP contribution < -0.4 is 0 Å². The molecule has 1 N–H and O–H groups in total. The van der Waals surface area contributed by atoms with E-state index in [4.69, 9.17) is 9.84 Å². The Morgan fingerprint density at radius 3 is 2.31 bits per heavy atom. The van der Waals surface area contributed by atoms with E-state index < -0.39 is 5.97 Å². The topological polar surface area (TPSA) is 55.8 Å². The molecule has 0 atom stereocenters. The molecule has 0 aromatic rings. The molecular weight excluding hydrogens is 172 g/mol. The third-order valence-corrected chi connectivity index (χ3v) is 1.25. The molecule has 1 rings (SSSR count). The molecule has 1 aliphatic heterocycles. The molecule has 0 spiro atoms. The summed E-state index contributed by atoms with van der Waals surface area (Å²) in [5, 5.41) is 8.19. The van der Waals surface area contributed by atoms with Crippen LogP contribution in [0.4, 0.5) is 0 Å². The number of aliphatic hydroxyl groups excluding tert-OH is 1. The number of hydrogen-bond acceptors (Lipinski definition) is 4. The van der Waals surface area contributed by atoms with Crippen molar-refractivity contribution in [1.29, 1.82) is 0 Å². The van der Waals surface area contributed by atoms with Crippen molar-refractivity contribution >= 4 is 5.97 Å². The van der Waals surface area contributed by atoms with Crippen LogP contribution in [0.5, 0.6) is 0 Å². The van der Waals surface area contributed by atoms with Gasteiger partial charge in [-0.25, -0.2) is 4.79 Å². The molecule has 1 aliphatic rings. The SMILES string of the molecule is C1COC1.C=C(C)C(=O)OCCO. The number of aliphatic hydroxyl groups is 1. The van der Waals surface area contributed by atoms with Gasteiger partial charge in [-0.1, -0.05) is 6.58 Å². The van der Waals surface area contributed by atoms with Crippen molar-refractivity contribution in [3.05, 3.63) is 12.2 Å². The third kappa shape index (κ3) is 7.49. The lowest BCUT2D eigenvalue weighted by molar-refractivity contribution is -0.139. The highest BCUT2D eigenvalue weighted by Crippen LogP contribution is 1.93. The maximum atomic E-state index is 10.5. The van der Waals surface area contributed by atoms with E-state index in [1.807, 2.05) is 0 Å². The Kier molecular flexibility index (Phi) is 7.24. The highest BCUT2D eigenvalue weighted by Gasteiger charge is 1.99. The van der Waals surface area contributed by atoms with Crippen molar-refractivity contribution in [3.63, 3.8) is 0 Å². The van der Waals surface area contributed by atoms with Gasteiger partial charge in [-0.15, -0.1) is 0 Å². The van der Waals surface area contributed by atoms with E-state index in [1.54, 1.807) is 6.92 Å². The first-order valence-corrected chi connectivity index (χ1v) is 4.19. The number of carbonyl (C=O) groups excluding carboxylic acids is 1. The molecule has 1 heterocycles. The summed E-state index contributed by atoms with van der Waals surface area (Å²) in [4.78, 5) is 10.5. The van der Waals surface area contributed by atoms with Crippen LogP contribution in [0, 0.1) is 0 Å². The van der Waals surface area contributed by atoms with E-state index in [9.17, 15) is 4.79 Å². The molecule has 76 valence electrons. The second kappa shape index (κ2) is 7.76. The normalized spacial score (nSPS) is 13.4. The average molecular weight is 188 g/mol. The van der Waals surface area contributed by atoms with E-state index in [-0.39, 0.29) is 13.2 Å². The molecule has 1 fully saturated rings. The molecule has 0 aromatic heterocycles. The van der Waals surface area contributed by atoms with Crippen LogP contribution in [-0.2, 0) is 14.3 Å². The first-order chi connectivity index (χ1) is 6.18. The Hall–Kier alpha value is -0.870. The van der Waals surface area contributed by atoms with E-state index in [2.05, 4.69) is 11.3 Å². The number of hydrogen-bond donors (Lipinski definition) is 1. The summed E-state index contributed by atoms with van der Waals surface area (Å²) in [6.45, 7) is 6.81. The van der Waals surface area contributed by atoms with Gasteiger partial charge in [-0.2, -0.15) is 0 Å². The van der Waals surface area contributed by atoms with Crippen molar-refractivity contribution in [2.75, 3.05) is 26.4 Å². The molecule has 0 radical (unpaired) electrons. The second-order valence-electron chi connectivity index (χ2n) is 2.61. The predicted octanol–water partition coefficient (Wildman–Crippen LogP) is 0.505. The van der Waals surface area contributed by atoms with Crippen molar-refractivity contribution in [2.24, 2.45) is 0 Å². The molecule has 0 saturated carbocycles. The minimum Gasteiger partial charge on any atom is -0.460 e. The van der Waals surface area contributed by atoms with Crippen molar-refractivity contribution in [1.82, 2.24) is 0 Å². The molecule has 0 aromatic carbocycles. The van der Waals surface area contributed by atoms with Crippen LogP contribution in [0.3, 0.4) is 0 Å². The molecule has 0 unspecified atom stereocenters. The lowest BCUT2D eigenvalue weighted by Crippen LogP contribution is -2.09. The third-order valence-electron chi connectivity index (χ3n) is 1.25. The average Bonchev–Trinajstić information content (AvgIpc) is 1.96. The number of carbonyl (C=O) groups is 1. The van der Waals surface area contributed by atoms with Crippen LogP contribution in [-0.4, -0.2) is 37.5 Å². The molecule has 1 saturated heterocycles.